The smallest absolute Gasteiger partial charge is 0.0977 e. The lowest BCUT2D eigenvalue weighted by molar-refractivity contribution is -0.0112. The molecule has 1 aliphatic rings. The molecule has 0 amide bonds. The highest BCUT2D eigenvalue weighted by molar-refractivity contribution is 5.24. The number of aryl methyl sites for hydroxylation is 2. The van der Waals surface area contributed by atoms with Crippen molar-refractivity contribution in [1.29, 1.82) is 0 Å². The zero-order valence-electron chi connectivity index (χ0n) is 13.5. The second-order valence-corrected chi connectivity index (χ2v) is 6.04. The number of benzene rings is 1. The fourth-order valence-electron chi connectivity index (χ4n) is 2.99. The third kappa shape index (κ3) is 3.57. The van der Waals surface area contributed by atoms with Crippen LogP contribution in [0, 0.1) is 6.92 Å². The van der Waals surface area contributed by atoms with Crippen molar-refractivity contribution in [3.63, 3.8) is 0 Å². The van der Waals surface area contributed by atoms with Gasteiger partial charge in [0.1, 0.15) is 0 Å². The third-order valence-corrected chi connectivity index (χ3v) is 4.31. The van der Waals surface area contributed by atoms with Crippen molar-refractivity contribution in [3.8, 4) is 0 Å². The van der Waals surface area contributed by atoms with Gasteiger partial charge in [0.05, 0.1) is 12.3 Å². The van der Waals surface area contributed by atoms with Gasteiger partial charge in [-0.1, -0.05) is 29.8 Å². The molecule has 3 rings (SSSR count). The van der Waals surface area contributed by atoms with Gasteiger partial charge in [0, 0.05) is 37.5 Å². The summed E-state index contributed by atoms with van der Waals surface area (Å²) in [6.07, 6.45) is 6.48. The lowest BCUT2D eigenvalue weighted by Crippen LogP contribution is -2.39. The van der Waals surface area contributed by atoms with Gasteiger partial charge in [-0.05, 0) is 32.3 Å². The van der Waals surface area contributed by atoms with Gasteiger partial charge in [-0.15, -0.1) is 0 Å². The summed E-state index contributed by atoms with van der Waals surface area (Å²) < 4.78 is 8.01. The van der Waals surface area contributed by atoms with Crippen LogP contribution in [0.2, 0.25) is 0 Å². The maximum atomic E-state index is 6.05. The molecule has 0 unspecified atom stereocenters. The standard InChI is InChI=1S/C18H25N3O/c1-3-21-13-15(12-20-21)11-19-17-5-4-10-22-18(17)16-8-6-14(2)7-9-16/h6-9,12-13,17-19H,3-5,10-11H2,1-2H3/t17-,18-/m0/s1. The zero-order valence-corrected chi connectivity index (χ0v) is 13.5. The molecular weight excluding hydrogens is 274 g/mol. The van der Waals surface area contributed by atoms with Crippen LogP contribution >= 0.6 is 0 Å². The minimum absolute atomic E-state index is 0.149. The summed E-state index contributed by atoms with van der Waals surface area (Å²) in [5.41, 5.74) is 3.79. The molecule has 1 N–H and O–H groups in total. The van der Waals surface area contributed by atoms with Crippen molar-refractivity contribution in [1.82, 2.24) is 15.1 Å². The van der Waals surface area contributed by atoms with Gasteiger partial charge < -0.3 is 10.1 Å². The molecular formula is C18H25N3O. The first kappa shape index (κ1) is 15.3. The lowest BCUT2D eigenvalue weighted by Gasteiger charge is -2.33. The van der Waals surface area contributed by atoms with Gasteiger partial charge in [0.15, 0.2) is 0 Å². The van der Waals surface area contributed by atoms with E-state index < -0.39 is 0 Å². The van der Waals surface area contributed by atoms with Gasteiger partial charge in [0.25, 0.3) is 0 Å². The summed E-state index contributed by atoms with van der Waals surface area (Å²) in [6.45, 7) is 6.83. The highest BCUT2D eigenvalue weighted by atomic mass is 16.5. The highest BCUT2D eigenvalue weighted by Crippen LogP contribution is 2.28. The van der Waals surface area contributed by atoms with E-state index in [9.17, 15) is 0 Å². The molecule has 1 aliphatic heterocycles. The van der Waals surface area contributed by atoms with Crippen LogP contribution in [-0.4, -0.2) is 22.4 Å². The Hall–Kier alpha value is -1.65. The number of hydrogen-bond donors (Lipinski definition) is 1. The van der Waals surface area contributed by atoms with Gasteiger partial charge in [-0.2, -0.15) is 5.10 Å². The molecule has 4 nitrogen and oxygen atoms in total. The topological polar surface area (TPSA) is 39.1 Å². The van der Waals surface area contributed by atoms with Crippen LogP contribution in [-0.2, 0) is 17.8 Å². The van der Waals surface area contributed by atoms with E-state index in [-0.39, 0.29) is 6.10 Å². The lowest BCUT2D eigenvalue weighted by atomic mass is 9.95. The summed E-state index contributed by atoms with van der Waals surface area (Å²) in [5, 5.41) is 7.99. The van der Waals surface area contributed by atoms with Crippen LogP contribution in [0.15, 0.2) is 36.7 Å². The Labute approximate surface area is 132 Å². The van der Waals surface area contributed by atoms with Crippen LogP contribution in [0.1, 0.15) is 42.6 Å². The molecule has 1 fully saturated rings. The minimum Gasteiger partial charge on any atom is -0.372 e. The van der Waals surface area contributed by atoms with Crippen molar-refractivity contribution >= 4 is 0 Å². The first-order valence-corrected chi connectivity index (χ1v) is 8.19. The largest absolute Gasteiger partial charge is 0.372 e. The molecule has 118 valence electrons. The average Bonchev–Trinajstić information content (AvgIpc) is 3.02. The van der Waals surface area contributed by atoms with Crippen molar-refractivity contribution in [2.45, 2.75) is 51.9 Å². The van der Waals surface area contributed by atoms with Crippen LogP contribution < -0.4 is 5.32 Å². The van der Waals surface area contributed by atoms with Crippen LogP contribution in [0.5, 0.6) is 0 Å². The summed E-state index contributed by atoms with van der Waals surface area (Å²) in [4.78, 5) is 0. The summed E-state index contributed by atoms with van der Waals surface area (Å²) in [6, 6.07) is 9.07. The predicted octanol–water partition coefficient (Wildman–Crippen LogP) is 3.22. The Morgan fingerprint density at radius 3 is 2.86 bits per heavy atom. The highest BCUT2D eigenvalue weighted by Gasteiger charge is 2.27. The van der Waals surface area contributed by atoms with E-state index in [1.54, 1.807) is 0 Å². The molecule has 0 aliphatic carbocycles. The van der Waals surface area contributed by atoms with E-state index >= 15 is 0 Å². The molecule has 2 aromatic rings. The van der Waals surface area contributed by atoms with Crippen LogP contribution in [0.25, 0.3) is 0 Å². The van der Waals surface area contributed by atoms with E-state index in [1.807, 2.05) is 10.9 Å². The Morgan fingerprint density at radius 1 is 1.32 bits per heavy atom. The molecule has 0 radical (unpaired) electrons. The fraction of sp³-hybridized carbons (Fsp3) is 0.500. The van der Waals surface area contributed by atoms with Crippen molar-refractivity contribution in [2.24, 2.45) is 0 Å². The van der Waals surface area contributed by atoms with E-state index in [4.69, 9.17) is 4.74 Å². The first-order chi connectivity index (χ1) is 10.8. The van der Waals surface area contributed by atoms with Gasteiger partial charge in [-0.25, -0.2) is 0 Å². The number of ether oxygens (including phenoxy) is 1. The molecule has 22 heavy (non-hydrogen) atoms. The first-order valence-electron chi connectivity index (χ1n) is 8.19. The molecule has 2 atom stereocenters. The Morgan fingerprint density at radius 2 is 2.14 bits per heavy atom. The van der Waals surface area contributed by atoms with Gasteiger partial charge in [0.2, 0.25) is 0 Å². The van der Waals surface area contributed by atoms with Crippen molar-refractivity contribution in [2.75, 3.05) is 6.61 Å². The SMILES string of the molecule is CCn1cc(CN[C@H]2CCCO[C@H]2c2ccc(C)cc2)cn1. The number of rotatable bonds is 5. The monoisotopic (exact) mass is 299 g/mol. The normalized spacial score (nSPS) is 21.9. The van der Waals surface area contributed by atoms with Crippen LogP contribution in [0.4, 0.5) is 0 Å². The van der Waals surface area contributed by atoms with E-state index in [1.165, 1.54) is 16.7 Å². The van der Waals surface area contributed by atoms with Gasteiger partial charge in [-0.3, -0.25) is 4.68 Å². The second kappa shape index (κ2) is 7.07. The number of nitrogens with zero attached hydrogens (tertiary/aromatic N) is 2. The second-order valence-electron chi connectivity index (χ2n) is 6.04. The maximum absolute atomic E-state index is 6.05. The maximum Gasteiger partial charge on any atom is 0.0977 e. The number of hydrogen-bond acceptors (Lipinski definition) is 3. The molecule has 0 spiro atoms. The van der Waals surface area contributed by atoms with Crippen molar-refractivity contribution < 1.29 is 4.74 Å². The van der Waals surface area contributed by atoms with Gasteiger partial charge >= 0.3 is 0 Å². The number of nitrogens with one attached hydrogen (secondary N) is 1. The Kier molecular flexibility index (Phi) is 4.90. The molecule has 0 bridgehead atoms. The molecule has 1 saturated heterocycles. The third-order valence-electron chi connectivity index (χ3n) is 4.31. The Balaban J connectivity index is 1.65. The fourth-order valence-corrected chi connectivity index (χ4v) is 2.99. The summed E-state index contributed by atoms with van der Waals surface area (Å²) >= 11 is 0. The summed E-state index contributed by atoms with van der Waals surface area (Å²) in [5.74, 6) is 0. The molecule has 4 heteroatoms. The molecule has 0 saturated carbocycles. The molecule has 2 heterocycles. The summed E-state index contributed by atoms with van der Waals surface area (Å²) in [7, 11) is 0. The zero-order chi connectivity index (χ0) is 15.4. The quantitative estimate of drug-likeness (QED) is 0.921. The number of aromatic nitrogens is 2. The predicted molar refractivity (Wildman–Crippen MR) is 87.6 cm³/mol. The molecule has 1 aromatic carbocycles. The van der Waals surface area contributed by atoms with Crippen LogP contribution in [0.3, 0.4) is 0 Å². The van der Waals surface area contributed by atoms with E-state index in [0.717, 1.165) is 32.5 Å². The van der Waals surface area contributed by atoms with Crippen molar-refractivity contribution in [3.05, 3.63) is 53.3 Å². The molecule has 1 aromatic heterocycles. The van der Waals surface area contributed by atoms with E-state index in [2.05, 4.69) is 54.7 Å². The minimum atomic E-state index is 0.149. The average molecular weight is 299 g/mol. The van der Waals surface area contributed by atoms with E-state index in [0.29, 0.717) is 6.04 Å². The Bertz CT molecular complexity index is 591.